The van der Waals surface area contributed by atoms with Gasteiger partial charge in [-0.2, -0.15) is 0 Å². The molecule has 27 heavy (non-hydrogen) atoms. The second-order valence-electron chi connectivity index (χ2n) is 8.93. The van der Waals surface area contributed by atoms with Gasteiger partial charge >= 0.3 is 0 Å². The van der Waals surface area contributed by atoms with Crippen molar-refractivity contribution < 1.29 is 14.6 Å². The first-order valence-corrected chi connectivity index (χ1v) is 10.8. The van der Waals surface area contributed by atoms with Crippen molar-refractivity contribution in [3.05, 3.63) is 36.0 Å². The molecule has 2 fully saturated rings. The fourth-order valence-corrected chi connectivity index (χ4v) is 4.28. The predicted molar refractivity (Wildman–Crippen MR) is 113 cm³/mol. The van der Waals surface area contributed by atoms with Crippen molar-refractivity contribution in [2.45, 2.75) is 91.0 Å². The summed E-state index contributed by atoms with van der Waals surface area (Å²) < 4.78 is 12.1. The highest BCUT2D eigenvalue weighted by molar-refractivity contribution is 5.14. The van der Waals surface area contributed by atoms with Crippen molar-refractivity contribution in [2.24, 2.45) is 11.3 Å². The molecule has 154 valence electrons. The Kier molecular flexibility index (Phi) is 8.78. The maximum absolute atomic E-state index is 10.2. The van der Waals surface area contributed by atoms with Gasteiger partial charge in [-0.1, -0.05) is 56.2 Å². The molecule has 1 aliphatic carbocycles. The van der Waals surface area contributed by atoms with E-state index in [0.29, 0.717) is 19.1 Å². The third-order valence-corrected chi connectivity index (χ3v) is 6.15. The van der Waals surface area contributed by atoms with Crippen molar-refractivity contribution in [1.29, 1.82) is 0 Å². The average molecular weight is 377 g/mol. The SMILES string of the molecule is CC(C)=CCC[C@H](C)CC[C@H](O)C=CC=C[C@]1(C)CCCCC12OCCO2. The molecule has 2 rings (SSSR count). The van der Waals surface area contributed by atoms with Crippen molar-refractivity contribution >= 4 is 0 Å². The van der Waals surface area contributed by atoms with Crippen LogP contribution in [-0.2, 0) is 9.47 Å². The molecule has 0 aromatic carbocycles. The molecule has 0 radical (unpaired) electrons. The van der Waals surface area contributed by atoms with E-state index in [1.807, 2.05) is 12.2 Å². The first kappa shape index (κ1) is 22.4. The zero-order valence-corrected chi connectivity index (χ0v) is 17.9. The number of ether oxygens (including phenoxy) is 2. The van der Waals surface area contributed by atoms with Crippen LogP contribution < -0.4 is 0 Å². The molecule has 3 heteroatoms. The van der Waals surface area contributed by atoms with Crippen molar-refractivity contribution in [3.8, 4) is 0 Å². The maximum Gasteiger partial charge on any atom is 0.177 e. The molecular weight excluding hydrogens is 336 g/mol. The molecule has 3 atom stereocenters. The van der Waals surface area contributed by atoms with E-state index in [-0.39, 0.29) is 11.5 Å². The predicted octanol–water partition coefficient (Wildman–Crippen LogP) is 5.95. The van der Waals surface area contributed by atoms with Crippen LogP contribution >= 0.6 is 0 Å². The molecule has 1 saturated heterocycles. The second-order valence-corrected chi connectivity index (χ2v) is 8.93. The van der Waals surface area contributed by atoms with Gasteiger partial charge in [-0.15, -0.1) is 0 Å². The van der Waals surface area contributed by atoms with Gasteiger partial charge in [0.1, 0.15) is 0 Å². The van der Waals surface area contributed by atoms with Crippen LogP contribution in [0.1, 0.15) is 79.1 Å². The molecule has 0 aromatic rings. The Bertz CT molecular complexity index is 524. The number of allylic oxidation sites excluding steroid dienone is 4. The van der Waals surface area contributed by atoms with Gasteiger partial charge in [-0.05, 0) is 58.3 Å². The van der Waals surface area contributed by atoms with Gasteiger partial charge in [0.2, 0.25) is 0 Å². The van der Waals surface area contributed by atoms with Crippen LogP contribution in [0.5, 0.6) is 0 Å². The first-order valence-electron chi connectivity index (χ1n) is 10.8. The molecule has 1 heterocycles. The van der Waals surface area contributed by atoms with Crippen molar-refractivity contribution in [1.82, 2.24) is 0 Å². The van der Waals surface area contributed by atoms with Crippen LogP contribution in [0, 0.1) is 11.3 Å². The molecule has 1 spiro atoms. The van der Waals surface area contributed by atoms with E-state index >= 15 is 0 Å². The van der Waals surface area contributed by atoms with Gasteiger partial charge in [0, 0.05) is 11.8 Å². The summed E-state index contributed by atoms with van der Waals surface area (Å²) in [4.78, 5) is 0. The highest BCUT2D eigenvalue weighted by Gasteiger charge is 2.52. The van der Waals surface area contributed by atoms with Crippen LogP contribution in [0.3, 0.4) is 0 Å². The summed E-state index contributed by atoms with van der Waals surface area (Å²) in [5.74, 6) is 0.214. The van der Waals surface area contributed by atoms with Crippen LogP contribution in [0.4, 0.5) is 0 Å². The first-order chi connectivity index (χ1) is 12.9. The minimum Gasteiger partial charge on any atom is -0.389 e. The van der Waals surface area contributed by atoms with E-state index in [4.69, 9.17) is 9.47 Å². The van der Waals surface area contributed by atoms with Gasteiger partial charge in [0.25, 0.3) is 0 Å². The van der Waals surface area contributed by atoms with Crippen LogP contribution in [0.2, 0.25) is 0 Å². The molecule has 0 aromatic heterocycles. The smallest absolute Gasteiger partial charge is 0.177 e. The Balaban J connectivity index is 1.77. The van der Waals surface area contributed by atoms with E-state index in [0.717, 1.165) is 32.1 Å². The molecule has 2 aliphatic rings. The van der Waals surface area contributed by atoms with E-state index in [1.54, 1.807) is 0 Å². The summed E-state index contributed by atoms with van der Waals surface area (Å²) >= 11 is 0. The van der Waals surface area contributed by atoms with Gasteiger partial charge in [-0.25, -0.2) is 0 Å². The number of aliphatic hydroxyl groups excluding tert-OH is 1. The lowest BCUT2D eigenvalue weighted by atomic mass is 9.70. The van der Waals surface area contributed by atoms with E-state index in [9.17, 15) is 5.11 Å². The third-order valence-electron chi connectivity index (χ3n) is 6.15. The molecule has 0 bridgehead atoms. The number of hydrogen-bond acceptors (Lipinski definition) is 3. The summed E-state index contributed by atoms with van der Waals surface area (Å²) in [6.07, 6.45) is 18.8. The molecule has 1 aliphatic heterocycles. The minimum atomic E-state index is -0.436. The van der Waals surface area contributed by atoms with Crippen molar-refractivity contribution in [3.63, 3.8) is 0 Å². The zero-order valence-electron chi connectivity index (χ0n) is 17.9. The van der Waals surface area contributed by atoms with E-state index in [1.165, 1.54) is 24.8 Å². The normalized spacial score (nSPS) is 27.4. The Hall–Kier alpha value is -0.900. The molecule has 1 saturated carbocycles. The summed E-state index contributed by atoms with van der Waals surface area (Å²) in [6, 6.07) is 0. The van der Waals surface area contributed by atoms with E-state index < -0.39 is 5.79 Å². The van der Waals surface area contributed by atoms with Gasteiger partial charge in [0.05, 0.1) is 19.3 Å². The lowest BCUT2D eigenvalue weighted by Crippen LogP contribution is -2.48. The van der Waals surface area contributed by atoms with E-state index in [2.05, 4.69) is 45.9 Å². The Morgan fingerprint density at radius 3 is 2.44 bits per heavy atom. The Labute approximate surface area is 166 Å². The standard InChI is InChI=1S/C24H40O3/c1-20(2)10-9-11-21(3)13-14-22(25)12-5-6-15-23(4)16-7-8-17-24(23)26-18-19-27-24/h5-6,10,12,15,21-22,25H,7-9,11,13-14,16-19H2,1-4H3/t21-,22+,23+/m0/s1. The van der Waals surface area contributed by atoms with Gasteiger partial charge in [-0.3, -0.25) is 0 Å². The fourth-order valence-electron chi connectivity index (χ4n) is 4.28. The highest BCUT2D eigenvalue weighted by atomic mass is 16.7. The highest BCUT2D eigenvalue weighted by Crippen LogP contribution is 2.50. The number of hydrogen-bond donors (Lipinski definition) is 1. The van der Waals surface area contributed by atoms with Crippen LogP contribution in [-0.4, -0.2) is 30.2 Å². The number of rotatable bonds is 9. The molecule has 1 N–H and O–H groups in total. The van der Waals surface area contributed by atoms with Gasteiger partial charge in [0.15, 0.2) is 5.79 Å². The summed E-state index contributed by atoms with van der Waals surface area (Å²) in [6.45, 7) is 10.2. The molecular formula is C24H40O3. The fraction of sp³-hybridized carbons (Fsp3) is 0.750. The largest absolute Gasteiger partial charge is 0.389 e. The minimum absolute atomic E-state index is 0.0868. The van der Waals surface area contributed by atoms with Crippen molar-refractivity contribution in [2.75, 3.05) is 13.2 Å². The summed E-state index contributed by atoms with van der Waals surface area (Å²) in [5.41, 5.74) is 1.30. The molecule has 0 amide bonds. The molecule has 3 nitrogen and oxygen atoms in total. The summed E-state index contributed by atoms with van der Waals surface area (Å²) in [7, 11) is 0. The molecule has 0 unspecified atom stereocenters. The maximum atomic E-state index is 10.2. The summed E-state index contributed by atoms with van der Waals surface area (Å²) in [5, 5.41) is 10.2. The third kappa shape index (κ3) is 6.58. The number of aliphatic hydroxyl groups is 1. The van der Waals surface area contributed by atoms with Crippen LogP contribution in [0.25, 0.3) is 0 Å². The quantitative estimate of drug-likeness (QED) is 0.399. The Morgan fingerprint density at radius 1 is 1.04 bits per heavy atom. The lowest BCUT2D eigenvalue weighted by Gasteiger charge is -2.46. The van der Waals surface area contributed by atoms with Gasteiger partial charge < -0.3 is 14.6 Å². The lowest BCUT2D eigenvalue weighted by molar-refractivity contribution is -0.235. The average Bonchev–Trinajstić information content (AvgIpc) is 3.10. The van der Waals surface area contributed by atoms with Crippen LogP contribution in [0.15, 0.2) is 36.0 Å². The topological polar surface area (TPSA) is 38.7 Å². The zero-order chi connectivity index (χ0) is 19.8. The second kappa shape index (κ2) is 10.6. The Morgan fingerprint density at radius 2 is 1.74 bits per heavy atom. The monoisotopic (exact) mass is 376 g/mol.